The lowest BCUT2D eigenvalue weighted by Gasteiger charge is -2.20. The van der Waals surface area contributed by atoms with Crippen molar-refractivity contribution < 1.29 is 47.5 Å². The maximum atomic E-state index is 12.6. The van der Waals surface area contributed by atoms with Crippen LogP contribution >= 0.6 is 7.82 Å². The van der Waals surface area contributed by atoms with E-state index in [0.717, 1.165) is 57.8 Å². The lowest BCUT2D eigenvalue weighted by Crippen LogP contribution is -2.34. The Bertz CT molecular complexity index is 1240. The van der Waals surface area contributed by atoms with Crippen LogP contribution in [0.1, 0.15) is 162 Å². The maximum absolute atomic E-state index is 12.6. The molecule has 0 fully saturated rings. The minimum Gasteiger partial charge on any atom is -0.480 e. The van der Waals surface area contributed by atoms with Crippen molar-refractivity contribution >= 4 is 25.7 Å². The zero-order valence-electron chi connectivity index (χ0n) is 35.2. The van der Waals surface area contributed by atoms with Gasteiger partial charge in [-0.3, -0.25) is 23.4 Å². The largest absolute Gasteiger partial charge is 0.480 e. The third-order valence-corrected chi connectivity index (χ3v) is 9.68. The summed E-state index contributed by atoms with van der Waals surface area (Å²) < 4.78 is 32.6. The number of carbonyl (C=O) groups excluding carboxylic acids is 2. The van der Waals surface area contributed by atoms with Crippen molar-refractivity contribution in [2.45, 2.75) is 174 Å². The Balaban J connectivity index is 4.49. The molecule has 0 aromatic heterocycles. The number of allylic oxidation sites excluding steroid dienone is 12. The standard InChI is InChI=1S/C45H76NO10P/c1-3-5-7-9-11-13-15-17-19-20-21-22-23-25-26-28-30-32-34-36-43(47)53-38-41(39-54-57(51,52)55-40-42(46)45(49)50)56-44(48)37-35-33-31-29-27-24-18-16-14-12-10-8-6-4-2/h5,7,11,13,17,19,21-22,25-26,30,32,41-42H,3-4,6,8-10,12,14-16,18,20,23-24,27-29,31,33-40,46H2,1-2H3,(H,49,50)(H,51,52)/b7-5+,13-11+,19-17+,22-21+,26-25+,32-30+/t41-,42+/m0/s1. The second-order valence-corrected chi connectivity index (χ2v) is 15.6. The van der Waals surface area contributed by atoms with E-state index < -0.39 is 51.1 Å². The van der Waals surface area contributed by atoms with Crippen LogP contribution in [0.2, 0.25) is 0 Å². The lowest BCUT2D eigenvalue weighted by atomic mass is 10.0. The molecule has 0 saturated heterocycles. The van der Waals surface area contributed by atoms with Crippen molar-refractivity contribution in [3.63, 3.8) is 0 Å². The van der Waals surface area contributed by atoms with Gasteiger partial charge in [-0.1, -0.05) is 170 Å². The smallest absolute Gasteiger partial charge is 0.472 e. The first-order chi connectivity index (χ1) is 27.6. The number of phosphoric ester groups is 1. The Hall–Kier alpha value is -3.08. The molecule has 12 heteroatoms. The van der Waals surface area contributed by atoms with Gasteiger partial charge in [0.25, 0.3) is 0 Å². The highest BCUT2D eigenvalue weighted by molar-refractivity contribution is 7.47. The number of hydrogen-bond acceptors (Lipinski definition) is 9. The number of unbranched alkanes of at least 4 members (excludes halogenated alkanes) is 13. The van der Waals surface area contributed by atoms with Crippen molar-refractivity contribution in [2.75, 3.05) is 19.8 Å². The molecule has 0 spiro atoms. The van der Waals surface area contributed by atoms with E-state index in [1.807, 2.05) is 12.2 Å². The Morgan fingerprint density at radius 3 is 1.44 bits per heavy atom. The molecule has 0 saturated carbocycles. The summed E-state index contributed by atoms with van der Waals surface area (Å²) >= 11 is 0. The molecular weight excluding hydrogens is 745 g/mol. The van der Waals surface area contributed by atoms with E-state index in [1.165, 1.54) is 64.2 Å². The summed E-state index contributed by atoms with van der Waals surface area (Å²) in [7, 11) is -4.73. The fourth-order valence-electron chi connectivity index (χ4n) is 5.38. The minimum absolute atomic E-state index is 0.0947. The van der Waals surface area contributed by atoms with E-state index in [2.05, 4.69) is 79.1 Å². The molecule has 0 heterocycles. The van der Waals surface area contributed by atoms with Gasteiger partial charge in [0, 0.05) is 12.8 Å². The molecule has 0 amide bonds. The van der Waals surface area contributed by atoms with Crippen LogP contribution in [0.5, 0.6) is 0 Å². The molecule has 57 heavy (non-hydrogen) atoms. The molecule has 0 aromatic carbocycles. The van der Waals surface area contributed by atoms with Crippen LogP contribution in [-0.4, -0.2) is 59.9 Å². The number of hydrogen-bond donors (Lipinski definition) is 3. The molecule has 1 unspecified atom stereocenters. The number of carbonyl (C=O) groups is 3. The van der Waals surface area contributed by atoms with Crippen molar-refractivity contribution in [2.24, 2.45) is 5.73 Å². The van der Waals surface area contributed by atoms with Gasteiger partial charge in [0.1, 0.15) is 12.6 Å². The number of nitrogens with two attached hydrogens (primary N) is 1. The van der Waals surface area contributed by atoms with Gasteiger partial charge in [0.15, 0.2) is 6.10 Å². The first-order valence-corrected chi connectivity index (χ1v) is 23.0. The molecule has 0 radical (unpaired) electrons. The van der Waals surface area contributed by atoms with E-state index >= 15 is 0 Å². The Morgan fingerprint density at radius 2 is 0.982 bits per heavy atom. The predicted octanol–water partition coefficient (Wildman–Crippen LogP) is 11.3. The summed E-state index contributed by atoms with van der Waals surface area (Å²) in [5, 5.41) is 8.88. The average molecular weight is 822 g/mol. The van der Waals surface area contributed by atoms with Crippen LogP contribution in [0.15, 0.2) is 72.9 Å². The number of ether oxygens (including phenoxy) is 2. The maximum Gasteiger partial charge on any atom is 0.472 e. The highest BCUT2D eigenvalue weighted by Crippen LogP contribution is 2.43. The first-order valence-electron chi connectivity index (χ1n) is 21.5. The van der Waals surface area contributed by atoms with E-state index in [1.54, 1.807) is 0 Å². The van der Waals surface area contributed by atoms with Gasteiger partial charge in [0.2, 0.25) is 0 Å². The molecule has 4 N–H and O–H groups in total. The molecule has 0 aliphatic rings. The number of aliphatic carboxylic acids is 1. The number of carboxylic acid groups (broad SMARTS) is 1. The third-order valence-electron chi connectivity index (χ3n) is 8.73. The van der Waals surface area contributed by atoms with Gasteiger partial charge < -0.3 is 25.2 Å². The summed E-state index contributed by atoms with van der Waals surface area (Å²) in [4.78, 5) is 45.9. The van der Waals surface area contributed by atoms with Crippen LogP contribution in [0.4, 0.5) is 0 Å². The fourth-order valence-corrected chi connectivity index (χ4v) is 6.16. The molecule has 3 atom stereocenters. The lowest BCUT2D eigenvalue weighted by molar-refractivity contribution is -0.161. The van der Waals surface area contributed by atoms with Crippen molar-refractivity contribution in [3.05, 3.63) is 72.9 Å². The molecular formula is C45H76NO10P. The highest BCUT2D eigenvalue weighted by Gasteiger charge is 2.28. The summed E-state index contributed by atoms with van der Waals surface area (Å²) in [6.07, 6.45) is 46.9. The number of esters is 2. The second kappa shape index (κ2) is 39.7. The third kappa shape index (κ3) is 39.5. The monoisotopic (exact) mass is 822 g/mol. The summed E-state index contributed by atoms with van der Waals surface area (Å²) in [6.45, 7) is 2.60. The molecule has 11 nitrogen and oxygen atoms in total. The fraction of sp³-hybridized carbons (Fsp3) is 0.667. The van der Waals surface area contributed by atoms with Crippen LogP contribution in [0.3, 0.4) is 0 Å². The number of rotatable bonds is 39. The Kier molecular flexibility index (Phi) is 37.6. The van der Waals surface area contributed by atoms with E-state index in [-0.39, 0.29) is 19.4 Å². The zero-order valence-corrected chi connectivity index (χ0v) is 36.0. The van der Waals surface area contributed by atoms with Crippen LogP contribution in [-0.2, 0) is 37.5 Å². The number of carboxylic acids is 1. The molecule has 0 rings (SSSR count). The van der Waals surface area contributed by atoms with Gasteiger partial charge in [-0.05, 0) is 51.4 Å². The van der Waals surface area contributed by atoms with Crippen molar-refractivity contribution in [3.8, 4) is 0 Å². The van der Waals surface area contributed by atoms with Crippen molar-refractivity contribution in [1.82, 2.24) is 0 Å². The Morgan fingerprint density at radius 1 is 0.561 bits per heavy atom. The number of phosphoric acid groups is 1. The Labute approximate surface area is 344 Å². The quantitative estimate of drug-likeness (QED) is 0.0233. The molecule has 0 aromatic rings. The van der Waals surface area contributed by atoms with Gasteiger partial charge in [-0.15, -0.1) is 0 Å². The molecule has 326 valence electrons. The van der Waals surface area contributed by atoms with E-state index in [9.17, 15) is 23.8 Å². The topological polar surface area (TPSA) is 172 Å². The van der Waals surface area contributed by atoms with Gasteiger partial charge in [0.05, 0.1) is 13.2 Å². The SMILES string of the molecule is CC/C=C/C/C=C/C/C=C/C/C=C/C/C=C/C/C=C/CCC(=O)OC[C@@H](COP(=O)(O)OC[C@@H](N)C(=O)O)OC(=O)CCCCCCCCCCCCCCCC. The van der Waals surface area contributed by atoms with E-state index in [0.29, 0.717) is 12.8 Å². The normalized spacial score (nSPS) is 14.5. The summed E-state index contributed by atoms with van der Waals surface area (Å²) in [6, 6.07) is -1.53. The zero-order chi connectivity index (χ0) is 42.1. The van der Waals surface area contributed by atoms with Crippen LogP contribution < -0.4 is 5.73 Å². The molecule has 0 bridgehead atoms. The van der Waals surface area contributed by atoms with E-state index in [4.69, 9.17) is 24.8 Å². The van der Waals surface area contributed by atoms with Crippen LogP contribution in [0.25, 0.3) is 0 Å². The second-order valence-electron chi connectivity index (χ2n) is 14.1. The minimum atomic E-state index is -4.73. The molecule has 0 aliphatic heterocycles. The predicted molar refractivity (Wildman–Crippen MR) is 231 cm³/mol. The van der Waals surface area contributed by atoms with Gasteiger partial charge >= 0.3 is 25.7 Å². The average Bonchev–Trinajstić information content (AvgIpc) is 3.19. The summed E-state index contributed by atoms with van der Waals surface area (Å²) in [5.74, 6) is -2.49. The highest BCUT2D eigenvalue weighted by atomic mass is 31.2. The summed E-state index contributed by atoms with van der Waals surface area (Å²) in [5.41, 5.74) is 5.32. The van der Waals surface area contributed by atoms with Crippen LogP contribution in [0, 0.1) is 0 Å². The van der Waals surface area contributed by atoms with Gasteiger partial charge in [-0.2, -0.15) is 0 Å². The first kappa shape index (κ1) is 53.9. The molecule has 0 aliphatic carbocycles. The van der Waals surface area contributed by atoms with Gasteiger partial charge in [-0.25, -0.2) is 4.57 Å². The van der Waals surface area contributed by atoms with Crippen molar-refractivity contribution in [1.29, 1.82) is 0 Å².